The van der Waals surface area contributed by atoms with Gasteiger partial charge in [0, 0.05) is 4.75 Å². The molecular weight excluding hydrogens is 581 g/mol. The lowest BCUT2D eigenvalue weighted by Crippen LogP contribution is -2.70. The standard InChI is InChI=1S/C36H36N6O2S/c1-4-44-29-22-20-25(21-23-29)24-41-32(38-39-40-41)31-35(2,3)45-34-30(33(43)42(31)34)37-36(26-14-8-5-9-15-26,27-16-10-6-11-17-27)28-18-12-7-13-19-28/h5-23,30-31,34,37H,4,24H2,1-3H3. The Morgan fingerprint density at radius 1 is 0.844 bits per heavy atom. The summed E-state index contributed by atoms with van der Waals surface area (Å²) in [5, 5.41) is 16.7. The van der Waals surface area contributed by atoms with Crippen molar-refractivity contribution < 1.29 is 9.53 Å². The quantitative estimate of drug-likeness (QED) is 0.157. The summed E-state index contributed by atoms with van der Waals surface area (Å²) in [6, 6.07) is 38.5. The highest BCUT2D eigenvalue weighted by Gasteiger charge is 2.64. The molecule has 8 nitrogen and oxygen atoms in total. The van der Waals surface area contributed by atoms with Crippen molar-refractivity contribution in [2.45, 2.75) is 55.1 Å². The summed E-state index contributed by atoms with van der Waals surface area (Å²) in [4.78, 5) is 16.3. The Balaban J connectivity index is 1.23. The van der Waals surface area contributed by atoms with Crippen LogP contribution in [0.5, 0.6) is 5.75 Å². The van der Waals surface area contributed by atoms with Crippen molar-refractivity contribution in [1.29, 1.82) is 0 Å². The Hall–Kier alpha value is -4.47. The van der Waals surface area contributed by atoms with Gasteiger partial charge in [0.15, 0.2) is 5.82 Å². The van der Waals surface area contributed by atoms with Crippen LogP contribution in [0.1, 0.15) is 54.9 Å². The van der Waals surface area contributed by atoms with Crippen LogP contribution in [-0.2, 0) is 16.9 Å². The van der Waals surface area contributed by atoms with Crippen molar-refractivity contribution in [2.75, 3.05) is 6.61 Å². The predicted octanol–water partition coefficient (Wildman–Crippen LogP) is 5.81. The third-order valence-corrected chi connectivity index (χ3v) is 10.4. The van der Waals surface area contributed by atoms with E-state index < -0.39 is 11.6 Å². The lowest BCUT2D eigenvalue weighted by molar-refractivity contribution is -0.150. The first-order chi connectivity index (χ1) is 21.9. The minimum absolute atomic E-state index is 0.0471. The SMILES string of the molecule is CCOc1ccc(Cn2nnnc2C2N3C(=O)C(NC(c4ccccc4)(c4ccccc4)c4ccccc4)C3SC2(C)C)cc1. The number of tetrazole rings is 1. The normalized spacial score (nSPS) is 20.5. The molecule has 228 valence electrons. The number of amides is 1. The third kappa shape index (κ3) is 5.10. The number of nitrogens with zero attached hydrogens (tertiary/aromatic N) is 5. The van der Waals surface area contributed by atoms with Crippen molar-refractivity contribution in [3.05, 3.63) is 143 Å². The van der Waals surface area contributed by atoms with E-state index in [1.54, 1.807) is 11.8 Å². The molecule has 4 aromatic carbocycles. The second kappa shape index (κ2) is 11.8. The molecule has 3 atom stereocenters. The van der Waals surface area contributed by atoms with Gasteiger partial charge in [-0.25, -0.2) is 4.68 Å². The minimum atomic E-state index is -0.742. The van der Waals surface area contributed by atoms with Crippen molar-refractivity contribution in [1.82, 2.24) is 30.4 Å². The molecule has 0 radical (unpaired) electrons. The molecule has 0 bridgehead atoms. The van der Waals surface area contributed by atoms with E-state index in [0.717, 1.165) is 28.0 Å². The summed E-state index contributed by atoms with van der Waals surface area (Å²) >= 11 is 1.80. The second-order valence-electron chi connectivity index (χ2n) is 12.0. The fraction of sp³-hybridized carbons (Fsp3) is 0.278. The number of hydrogen-bond donors (Lipinski definition) is 1. The highest BCUT2D eigenvalue weighted by Crippen LogP contribution is 2.57. The van der Waals surface area contributed by atoms with Gasteiger partial charge in [-0.3, -0.25) is 10.1 Å². The van der Waals surface area contributed by atoms with Crippen molar-refractivity contribution in [2.24, 2.45) is 0 Å². The Morgan fingerprint density at radius 2 is 1.40 bits per heavy atom. The summed E-state index contributed by atoms with van der Waals surface area (Å²) in [5.41, 5.74) is 3.54. The zero-order valence-electron chi connectivity index (χ0n) is 25.6. The van der Waals surface area contributed by atoms with Gasteiger partial charge >= 0.3 is 0 Å². The fourth-order valence-corrected chi connectivity index (χ4v) is 8.39. The number of nitrogens with one attached hydrogen (secondary N) is 1. The third-order valence-electron chi connectivity index (χ3n) is 8.80. The lowest BCUT2D eigenvalue weighted by atomic mass is 9.76. The first kappa shape index (κ1) is 29.3. The highest BCUT2D eigenvalue weighted by atomic mass is 32.2. The van der Waals surface area contributed by atoms with Gasteiger partial charge in [-0.1, -0.05) is 103 Å². The van der Waals surface area contributed by atoms with E-state index in [0.29, 0.717) is 19.0 Å². The van der Waals surface area contributed by atoms with E-state index in [2.05, 4.69) is 107 Å². The van der Waals surface area contributed by atoms with Crippen molar-refractivity contribution in [3.63, 3.8) is 0 Å². The van der Waals surface area contributed by atoms with Gasteiger partial charge in [0.1, 0.15) is 23.2 Å². The summed E-state index contributed by atoms with van der Waals surface area (Å²) in [7, 11) is 0. The van der Waals surface area contributed by atoms with Gasteiger partial charge in [0.25, 0.3) is 0 Å². The number of hydrogen-bond acceptors (Lipinski definition) is 7. The number of benzene rings is 4. The van der Waals surface area contributed by atoms with E-state index in [1.807, 2.05) is 59.0 Å². The molecule has 3 heterocycles. The molecule has 0 spiro atoms. The van der Waals surface area contributed by atoms with E-state index in [1.165, 1.54) is 0 Å². The number of rotatable bonds is 10. The number of aromatic nitrogens is 4. The highest BCUT2D eigenvalue weighted by molar-refractivity contribution is 8.01. The number of ether oxygens (including phenoxy) is 1. The molecule has 0 saturated carbocycles. The molecular formula is C36H36N6O2S. The molecule has 2 fully saturated rings. The number of carbonyl (C=O) groups is 1. The summed E-state index contributed by atoms with van der Waals surface area (Å²) in [6.45, 7) is 7.45. The molecule has 2 saturated heterocycles. The number of carbonyl (C=O) groups excluding carboxylic acids is 1. The maximum atomic E-state index is 14.3. The van der Waals surface area contributed by atoms with Crippen LogP contribution in [0.3, 0.4) is 0 Å². The van der Waals surface area contributed by atoms with Crippen LogP contribution >= 0.6 is 11.8 Å². The van der Waals surface area contributed by atoms with Gasteiger partial charge in [-0.2, -0.15) is 0 Å². The van der Waals surface area contributed by atoms with Crippen LogP contribution in [0.2, 0.25) is 0 Å². The van der Waals surface area contributed by atoms with E-state index >= 15 is 0 Å². The monoisotopic (exact) mass is 616 g/mol. The molecule has 7 rings (SSSR count). The zero-order chi connectivity index (χ0) is 31.0. The van der Waals surface area contributed by atoms with Gasteiger partial charge < -0.3 is 9.64 Å². The van der Waals surface area contributed by atoms with Crippen LogP contribution in [0.15, 0.2) is 115 Å². The van der Waals surface area contributed by atoms with Gasteiger partial charge in [-0.15, -0.1) is 16.9 Å². The van der Waals surface area contributed by atoms with Crippen LogP contribution < -0.4 is 10.1 Å². The molecule has 2 aliphatic rings. The average Bonchev–Trinajstić information content (AvgIpc) is 3.62. The van der Waals surface area contributed by atoms with E-state index in [9.17, 15) is 4.79 Å². The molecule has 3 unspecified atom stereocenters. The summed E-state index contributed by atoms with van der Waals surface area (Å²) < 4.78 is 7.10. The average molecular weight is 617 g/mol. The minimum Gasteiger partial charge on any atom is -0.494 e. The zero-order valence-corrected chi connectivity index (χ0v) is 26.4. The molecule has 5 aromatic rings. The Morgan fingerprint density at radius 3 is 1.93 bits per heavy atom. The number of thioether (sulfide) groups is 1. The van der Waals surface area contributed by atoms with Crippen LogP contribution in [-0.4, -0.2) is 53.8 Å². The molecule has 1 aromatic heterocycles. The van der Waals surface area contributed by atoms with Gasteiger partial charge in [-0.05, 0) is 65.6 Å². The molecule has 1 amide bonds. The van der Waals surface area contributed by atoms with Crippen LogP contribution in [0, 0.1) is 0 Å². The predicted molar refractivity (Wildman–Crippen MR) is 176 cm³/mol. The summed E-state index contributed by atoms with van der Waals surface area (Å²) in [5.74, 6) is 1.57. The Kier molecular flexibility index (Phi) is 7.67. The Bertz CT molecular complexity index is 1670. The summed E-state index contributed by atoms with van der Waals surface area (Å²) in [6.07, 6.45) is 0. The van der Waals surface area contributed by atoms with Crippen molar-refractivity contribution in [3.8, 4) is 5.75 Å². The molecule has 45 heavy (non-hydrogen) atoms. The van der Waals surface area contributed by atoms with E-state index in [4.69, 9.17) is 4.74 Å². The fourth-order valence-electron chi connectivity index (χ4n) is 6.76. The van der Waals surface area contributed by atoms with Gasteiger partial charge in [0.2, 0.25) is 5.91 Å². The topological polar surface area (TPSA) is 85.2 Å². The number of β-lactam (4-membered cyclic amide) rings is 1. The molecule has 0 aliphatic carbocycles. The maximum Gasteiger partial charge on any atom is 0.244 e. The number of fused-ring (bicyclic) bond motifs is 1. The largest absolute Gasteiger partial charge is 0.494 e. The van der Waals surface area contributed by atoms with Gasteiger partial charge in [0.05, 0.1) is 18.7 Å². The van der Waals surface area contributed by atoms with Crippen LogP contribution in [0.4, 0.5) is 0 Å². The molecule has 2 aliphatic heterocycles. The van der Waals surface area contributed by atoms with Crippen LogP contribution in [0.25, 0.3) is 0 Å². The Labute approximate surface area is 267 Å². The maximum absolute atomic E-state index is 14.3. The molecule has 9 heteroatoms. The smallest absolute Gasteiger partial charge is 0.244 e. The first-order valence-electron chi connectivity index (χ1n) is 15.3. The van der Waals surface area contributed by atoms with Crippen molar-refractivity contribution >= 4 is 17.7 Å². The second-order valence-corrected chi connectivity index (χ2v) is 13.8. The molecule has 1 N–H and O–H groups in total. The first-order valence-corrected chi connectivity index (χ1v) is 16.2. The lowest BCUT2D eigenvalue weighted by Gasteiger charge is -2.49. The van der Waals surface area contributed by atoms with E-state index in [-0.39, 0.29) is 22.1 Å².